The van der Waals surface area contributed by atoms with Crippen molar-refractivity contribution in [3.8, 4) is 5.75 Å². The molecule has 0 amide bonds. The maximum Gasteiger partial charge on any atom is 0.324 e. The summed E-state index contributed by atoms with van der Waals surface area (Å²) >= 11 is 6.88. The molecule has 3 atom stereocenters. The standard InChI is InChI=1S/C44H49ClFNO6SSi/c1-29-24-25-38(46)40(30(29)2)31(3)41(43(48)51-8)47-54(49,50)42-37(32(4)52-28-33-18-12-9-13-19-33)26-34(45)27-39(42)53-55(44(5,6)7,35-20-14-10-15-21-35)36-22-16-11-17-23-36/h9-27,31-32,41,47H,28H2,1-8H3/t31?,32?,41-/m0/s1. The zero-order valence-electron chi connectivity index (χ0n) is 32.5. The molecule has 5 aromatic rings. The predicted molar refractivity (Wildman–Crippen MR) is 220 cm³/mol. The van der Waals surface area contributed by atoms with Crippen LogP contribution in [0.4, 0.5) is 4.39 Å². The van der Waals surface area contributed by atoms with Gasteiger partial charge >= 0.3 is 14.3 Å². The van der Waals surface area contributed by atoms with E-state index in [2.05, 4.69) is 25.5 Å². The van der Waals surface area contributed by atoms with Gasteiger partial charge in [-0.1, -0.05) is 136 Å². The van der Waals surface area contributed by atoms with E-state index < -0.39 is 53.2 Å². The summed E-state index contributed by atoms with van der Waals surface area (Å²) in [6, 6.07) is 33.6. The third-order valence-corrected chi connectivity index (χ3v) is 16.9. The van der Waals surface area contributed by atoms with Gasteiger partial charge in [0.25, 0.3) is 0 Å². The third-order valence-electron chi connectivity index (χ3n) is 10.2. The Kier molecular flexibility index (Phi) is 13.1. The van der Waals surface area contributed by atoms with Crippen molar-refractivity contribution in [2.24, 2.45) is 0 Å². The molecule has 0 bridgehead atoms. The largest absolute Gasteiger partial charge is 0.533 e. The van der Waals surface area contributed by atoms with Gasteiger partial charge in [0.2, 0.25) is 10.0 Å². The van der Waals surface area contributed by atoms with Crippen molar-refractivity contribution in [1.82, 2.24) is 4.72 Å². The Hall–Kier alpha value is -4.32. The average Bonchev–Trinajstić information content (AvgIpc) is 3.16. The minimum Gasteiger partial charge on any atom is -0.533 e. The van der Waals surface area contributed by atoms with Gasteiger partial charge < -0.3 is 13.9 Å². The van der Waals surface area contributed by atoms with E-state index in [-0.39, 0.29) is 33.4 Å². The second kappa shape index (κ2) is 17.2. The predicted octanol–water partition coefficient (Wildman–Crippen LogP) is 8.94. The van der Waals surface area contributed by atoms with Gasteiger partial charge in [0.05, 0.1) is 19.8 Å². The first-order chi connectivity index (χ1) is 26.0. The maximum atomic E-state index is 15.5. The Morgan fingerprint density at radius 2 is 1.40 bits per heavy atom. The molecule has 0 spiro atoms. The fourth-order valence-corrected chi connectivity index (χ4v) is 13.6. The fraction of sp³-hybridized carbons (Fsp3) is 0.295. The molecular formula is C44H49ClFNO6SSi. The number of aryl methyl sites for hydroxylation is 1. The van der Waals surface area contributed by atoms with Crippen molar-refractivity contribution in [3.05, 3.63) is 154 Å². The molecule has 0 heterocycles. The topological polar surface area (TPSA) is 90.9 Å². The second-order valence-electron chi connectivity index (χ2n) is 14.8. The molecule has 0 fully saturated rings. The molecule has 5 rings (SSSR count). The Balaban J connectivity index is 1.76. The Morgan fingerprint density at radius 1 is 0.855 bits per heavy atom. The van der Waals surface area contributed by atoms with Crippen LogP contribution < -0.4 is 19.5 Å². The van der Waals surface area contributed by atoms with Crippen LogP contribution in [0.3, 0.4) is 0 Å². The lowest BCUT2D eigenvalue weighted by molar-refractivity contribution is -0.143. The van der Waals surface area contributed by atoms with Crippen LogP contribution in [0, 0.1) is 19.7 Å². The third kappa shape index (κ3) is 8.89. The van der Waals surface area contributed by atoms with Crippen molar-refractivity contribution in [2.75, 3.05) is 7.11 Å². The van der Waals surface area contributed by atoms with Crippen molar-refractivity contribution in [1.29, 1.82) is 0 Å². The Bertz CT molecular complexity index is 2180. The van der Waals surface area contributed by atoms with Gasteiger partial charge in [0.15, 0.2) is 0 Å². The number of hydrogen-bond acceptors (Lipinski definition) is 6. The number of sulfonamides is 1. The van der Waals surface area contributed by atoms with E-state index in [1.807, 2.05) is 97.9 Å². The number of methoxy groups -OCH3 is 1. The van der Waals surface area contributed by atoms with E-state index >= 15 is 12.8 Å². The quantitative estimate of drug-likeness (QED) is 0.0892. The summed E-state index contributed by atoms with van der Waals surface area (Å²) in [5, 5.41) is 1.50. The van der Waals surface area contributed by atoms with E-state index in [1.165, 1.54) is 19.2 Å². The summed E-state index contributed by atoms with van der Waals surface area (Å²) in [4.78, 5) is 13.3. The summed E-state index contributed by atoms with van der Waals surface area (Å²) in [5.41, 5.74) is 2.71. The van der Waals surface area contributed by atoms with E-state index in [9.17, 15) is 4.79 Å². The van der Waals surface area contributed by atoms with Crippen LogP contribution in [0.15, 0.2) is 120 Å². The lowest BCUT2D eigenvalue weighted by Crippen LogP contribution is -2.69. The number of esters is 1. The molecule has 7 nitrogen and oxygen atoms in total. The minimum atomic E-state index is -4.71. The van der Waals surface area contributed by atoms with Crippen LogP contribution >= 0.6 is 11.6 Å². The fourth-order valence-electron chi connectivity index (χ4n) is 7.19. The highest BCUT2D eigenvalue weighted by molar-refractivity contribution is 7.89. The Morgan fingerprint density at radius 3 is 1.93 bits per heavy atom. The number of carbonyl (C=O) groups is 1. The Labute approximate surface area is 331 Å². The van der Waals surface area contributed by atoms with Crippen molar-refractivity contribution in [3.63, 3.8) is 0 Å². The average molecular weight is 802 g/mol. The first-order valence-corrected chi connectivity index (χ1v) is 21.9. The summed E-state index contributed by atoms with van der Waals surface area (Å²) < 4.78 is 67.4. The summed E-state index contributed by atoms with van der Waals surface area (Å²) in [6.45, 7) is 13.3. The van der Waals surface area contributed by atoms with Crippen LogP contribution in [0.25, 0.3) is 0 Å². The number of hydrogen-bond donors (Lipinski definition) is 1. The van der Waals surface area contributed by atoms with E-state index in [0.29, 0.717) is 5.56 Å². The second-order valence-corrected chi connectivity index (χ2v) is 21.1. The number of rotatable bonds is 14. The number of nitrogens with one attached hydrogen (secondary N) is 1. The number of benzene rings is 5. The zero-order chi connectivity index (χ0) is 40.1. The van der Waals surface area contributed by atoms with Gasteiger partial charge in [0.1, 0.15) is 22.5 Å². The van der Waals surface area contributed by atoms with Crippen LogP contribution in [0.5, 0.6) is 5.75 Å². The number of carbonyl (C=O) groups excluding carboxylic acids is 1. The number of ether oxygens (including phenoxy) is 2. The zero-order valence-corrected chi connectivity index (χ0v) is 35.1. The van der Waals surface area contributed by atoms with E-state index in [4.69, 9.17) is 25.5 Å². The summed E-state index contributed by atoms with van der Waals surface area (Å²) in [6.07, 6.45) is -0.822. The van der Waals surface area contributed by atoms with Crippen LogP contribution in [-0.2, 0) is 30.9 Å². The number of halogens is 2. The van der Waals surface area contributed by atoms with Crippen LogP contribution in [-0.4, -0.2) is 35.9 Å². The van der Waals surface area contributed by atoms with E-state index in [0.717, 1.165) is 21.5 Å². The molecule has 0 radical (unpaired) electrons. The molecule has 0 aromatic heterocycles. The van der Waals surface area contributed by atoms with Crippen molar-refractivity contribution in [2.45, 2.75) is 83.1 Å². The summed E-state index contributed by atoms with van der Waals surface area (Å²) in [5.74, 6) is -2.41. The molecule has 290 valence electrons. The van der Waals surface area contributed by atoms with Crippen LogP contribution in [0.2, 0.25) is 10.1 Å². The van der Waals surface area contributed by atoms with Crippen molar-refractivity contribution < 1.29 is 31.5 Å². The van der Waals surface area contributed by atoms with Gasteiger partial charge in [-0.25, -0.2) is 12.8 Å². The molecule has 55 heavy (non-hydrogen) atoms. The SMILES string of the molecule is COC(=O)[C@@H](NS(=O)(=O)c1c(O[Si](c2ccccc2)(c2ccccc2)C(C)(C)C)cc(Cl)cc1C(C)OCc1ccccc1)C(C)c1c(F)ccc(C)c1C. The van der Waals surface area contributed by atoms with Crippen LogP contribution in [0.1, 0.15) is 74.5 Å². The molecule has 11 heteroatoms. The van der Waals surface area contributed by atoms with Crippen molar-refractivity contribution >= 4 is 46.3 Å². The molecule has 0 aliphatic rings. The normalized spacial score (nSPS) is 13.9. The maximum absolute atomic E-state index is 15.5. The molecule has 0 saturated heterocycles. The van der Waals surface area contributed by atoms with Gasteiger partial charge in [-0.05, 0) is 76.6 Å². The first kappa shape index (κ1) is 41.8. The molecule has 5 aromatic carbocycles. The molecule has 2 unspecified atom stereocenters. The molecule has 1 N–H and O–H groups in total. The smallest absolute Gasteiger partial charge is 0.324 e. The van der Waals surface area contributed by atoms with E-state index in [1.54, 1.807) is 32.9 Å². The molecular weight excluding hydrogens is 753 g/mol. The minimum absolute atomic E-state index is 0.00588. The van der Waals surface area contributed by atoms with Gasteiger partial charge in [-0.2, -0.15) is 4.72 Å². The molecule has 0 aliphatic carbocycles. The first-order valence-electron chi connectivity index (χ1n) is 18.2. The molecule has 0 aliphatic heterocycles. The highest BCUT2D eigenvalue weighted by Crippen LogP contribution is 2.43. The van der Waals surface area contributed by atoms with Gasteiger partial charge in [0, 0.05) is 16.5 Å². The molecule has 0 saturated carbocycles. The van der Waals surface area contributed by atoms with Gasteiger partial charge in [-0.15, -0.1) is 0 Å². The lowest BCUT2D eigenvalue weighted by Gasteiger charge is -2.43. The lowest BCUT2D eigenvalue weighted by atomic mass is 9.88. The van der Waals surface area contributed by atoms with Gasteiger partial charge in [-0.3, -0.25) is 4.79 Å². The summed E-state index contributed by atoms with van der Waals surface area (Å²) in [7, 11) is -6.99. The highest BCUT2D eigenvalue weighted by Gasteiger charge is 2.53. The monoisotopic (exact) mass is 801 g/mol. The highest BCUT2D eigenvalue weighted by atomic mass is 35.5.